The number of phenols is 1. The van der Waals surface area contributed by atoms with Gasteiger partial charge in [0, 0.05) is 43.3 Å². The summed E-state index contributed by atoms with van der Waals surface area (Å²) < 4.78 is 5.69. The van der Waals surface area contributed by atoms with Crippen molar-refractivity contribution in [1.82, 2.24) is 15.5 Å². The molecule has 36 heavy (non-hydrogen) atoms. The van der Waals surface area contributed by atoms with Gasteiger partial charge in [-0.1, -0.05) is 12.1 Å². The van der Waals surface area contributed by atoms with Crippen LogP contribution in [0, 0.1) is 24.2 Å². The number of phenolic OH excluding ortho intramolecular Hbond substituents is 1. The smallest absolute Gasteiger partial charge is 0.178 e. The van der Waals surface area contributed by atoms with E-state index in [2.05, 4.69) is 50.7 Å². The molecule has 1 saturated heterocycles. The van der Waals surface area contributed by atoms with Crippen molar-refractivity contribution in [3.05, 3.63) is 83.1 Å². The SMILES string of the molecule is Cc1cc(C2=Nc3n[nH]c(-c4ccco4)c3C(c3ccc(N4CCNCC4)cc3)C2C#N)ccc1O. The van der Waals surface area contributed by atoms with Crippen LogP contribution in [0.5, 0.6) is 5.75 Å². The average molecular weight is 479 g/mol. The molecule has 3 N–H and O–H groups in total. The molecule has 4 aromatic rings. The Morgan fingerprint density at radius 3 is 2.61 bits per heavy atom. The van der Waals surface area contributed by atoms with E-state index in [0.29, 0.717) is 17.3 Å². The van der Waals surface area contributed by atoms with Gasteiger partial charge in [0.15, 0.2) is 11.6 Å². The zero-order valence-corrected chi connectivity index (χ0v) is 19.9. The molecule has 6 rings (SSSR count). The monoisotopic (exact) mass is 478 g/mol. The van der Waals surface area contributed by atoms with Crippen molar-refractivity contribution in [3.63, 3.8) is 0 Å². The van der Waals surface area contributed by atoms with Crippen LogP contribution in [0.3, 0.4) is 0 Å². The molecule has 0 spiro atoms. The molecule has 0 amide bonds. The summed E-state index contributed by atoms with van der Waals surface area (Å²) in [7, 11) is 0. The highest BCUT2D eigenvalue weighted by Gasteiger charge is 2.39. The number of furan rings is 1. The highest BCUT2D eigenvalue weighted by atomic mass is 16.3. The van der Waals surface area contributed by atoms with Crippen LogP contribution >= 0.6 is 0 Å². The van der Waals surface area contributed by atoms with Gasteiger partial charge in [-0.3, -0.25) is 5.10 Å². The number of nitriles is 1. The van der Waals surface area contributed by atoms with Gasteiger partial charge in [0.2, 0.25) is 0 Å². The van der Waals surface area contributed by atoms with E-state index >= 15 is 0 Å². The fourth-order valence-electron chi connectivity index (χ4n) is 5.21. The summed E-state index contributed by atoms with van der Waals surface area (Å²) in [6.07, 6.45) is 1.62. The molecule has 8 heteroatoms. The van der Waals surface area contributed by atoms with Crippen molar-refractivity contribution in [2.45, 2.75) is 12.8 Å². The molecule has 8 nitrogen and oxygen atoms in total. The molecule has 2 aromatic carbocycles. The summed E-state index contributed by atoms with van der Waals surface area (Å²) in [5.41, 5.74) is 5.94. The molecule has 4 heterocycles. The lowest BCUT2D eigenvalue weighted by atomic mass is 9.75. The molecule has 2 aliphatic heterocycles. The van der Waals surface area contributed by atoms with Gasteiger partial charge < -0.3 is 19.7 Å². The standard InChI is InChI=1S/C28H26N6O2/c1-17-15-19(6-9-22(17)35)26-21(16-29)24(18-4-7-20(8-5-18)34-12-10-30-11-13-34)25-27(23-3-2-14-36-23)32-33-28(25)31-26/h2-9,14-15,21,24,30,35H,10-13H2,1H3,(H,32,33). The number of piperazine rings is 1. The number of aromatic amines is 1. The van der Waals surface area contributed by atoms with E-state index in [1.807, 2.05) is 25.1 Å². The molecule has 2 atom stereocenters. The Hall–Kier alpha value is -4.35. The highest BCUT2D eigenvalue weighted by Crippen LogP contribution is 2.47. The normalized spacial score (nSPS) is 19.4. The third kappa shape index (κ3) is 3.74. The van der Waals surface area contributed by atoms with Crippen LogP contribution in [0.2, 0.25) is 0 Å². The van der Waals surface area contributed by atoms with E-state index in [-0.39, 0.29) is 11.7 Å². The van der Waals surface area contributed by atoms with E-state index in [1.54, 1.807) is 18.4 Å². The van der Waals surface area contributed by atoms with Gasteiger partial charge in [0.25, 0.3) is 0 Å². The minimum atomic E-state index is -0.558. The summed E-state index contributed by atoms with van der Waals surface area (Å²) in [6, 6.07) is 20.1. The molecule has 180 valence electrons. The minimum Gasteiger partial charge on any atom is -0.508 e. The number of benzene rings is 2. The summed E-state index contributed by atoms with van der Waals surface area (Å²) in [5, 5.41) is 31.5. The second kappa shape index (κ2) is 9.02. The van der Waals surface area contributed by atoms with Gasteiger partial charge in [-0.15, -0.1) is 0 Å². The zero-order chi connectivity index (χ0) is 24.6. The number of aliphatic imine (C=N–C) groups is 1. The minimum absolute atomic E-state index is 0.212. The van der Waals surface area contributed by atoms with Crippen molar-refractivity contribution in [2.75, 3.05) is 31.1 Å². The van der Waals surface area contributed by atoms with Crippen LogP contribution in [0.4, 0.5) is 11.5 Å². The first-order valence-electron chi connectivity index (χ1n) is 12.1. The number of nitrogens with zero attached hydrogens (tertiary/aromatic N) is 4. The fourth-order valence-corrected chi connectivity index (χ4v) is 5.21. The molecule has 0 bridgehead atoms. The number of H-pyrrole nitrogens is 1. The van der Waals surface area contributed by atoms with Gasteiger partial charge in [0.1, 0.15) is 17.4 Å². The Bertz CT molecular complexity index is 1460. The number of rotatable bonds is 4. The lowest BCUT2D eigenvalue weighted by Crippen LogP contribution is -2.43. The molecule has 0 saturated carbocycles. The highest BCUT2D eigenvalue weighted by molar-refractivity contribution is 6.07. The first-order valence-corrected chi connectivity index (χ1v) is 12.1. The summed E-state index contributed by atoms with van der Waals surface area (Å²) in [5.74, 6) is 0.552. The molecular weight excluding hydrogens is 452 g/mol. The number of aromatic nitrogens is 2. The third-order valence-corrected chi connectivity index (χ3v) is 7.08. The molecule has 0 radical (unpaired) electrons. The predicted molar refractivity (Wildman–Crippen MR) is 138 cm³/mol. The van der Waals surface area contributed by atoms with Crippen LogP contribution in [0.1, 0.15) is 28.2 Å². The van der Waals surface area contributed by atoms with Crippen molar-refractivity contribution < 1.29 is 9.52 Å². The van der Waals surface area contributed by atoms with Crippen LogP contribution in [-0.2, 0) is 0 Å². The van der Waals surface area contributed by atoms with Gasteiger partial charge in [-0.05, 0) is 66.1 Å². The Labute approximate surface area is 208 Å². The average Bonchev–Trinajstić information content (AvgIpc) is 3.60. The predicted octanol–water partition coefficient (Wildman–Crippen LogP) is 4.50. The largest absolute Gasteiger partial charge is 0.508 e. The Kier molecular flexibility index (Phi) is 5.55. The molecule has 2 aromatic heterocycles. The van der Waals surface area contributed by atoms with Crippen molar-refractivity contribution in [1.29, 1.82) is 5.26 Å². The Morgan fingerprint density at radius 1 is 1.11 bits per heavy atom. The van der Waals surface area contributed by atoms with Gasteiger partial charge in [0.05, 0.1) is 18.0 Å². The van der Waals surface area contributed by atoms with Crippen LogP contribution in [-0.4, -0.2) is 47.2 Å². The molecule has 0 aliphatic carbocycles. The summed E-state index contributed by atoms with van der Waals surface area (Å²) >= 11 is 0. The maximum absolute atomic E-state index is 10.5. The topological polar surface area (TPSA) is 113 Å². The second-order valence-electron chi connectivity index (χ2n) is 9.22. The van der Waals surface area contributed by atoms with E-state index in [1.165, 1.54) is 5.69 Å². The number of hydrogen-bond acceptors (Lipinski definition) is 7. The molecular formula is C28H26N6O2. The number of hydrogen-bond donors (Lipinski definition) is 3. The molecule has 1 fully saturated rings. The number of anilines is 1. The number of aryl methyl sites for hydroxylation is 1. The number of nitrogens with one attached hydrogen (secondary N) is 2. The summed E-state index contributed by atoms with van der Waals surface area (Å²) in [6.45, 7) is 5.71. The van der Waals surface area contributed by atoms with Crippen molar-refractivity contribution in [2.24, 2.45) is 10.9 Å². The van der Waals surface area contributed by atoms with Crippen LogP contribution < -0.4 is 10.2 Å². The summed E-state index contributed by atoms with van der Waals surface area (Å²) in [4.78, 5) is 7.22. The molecule has 2 aliphatic rings. The first kappa shape index (κ1) is 22.1. The third-order valence-electron chi connectivity index (χ3n) is 7.08. The van der Waals surface area contributed by atoms with Crippen molar-refractivity contribution >= 4 is 17.2 Å². The lowest BCUT2D eigenvalue weighted by Gasteiger charge is -2.31. The maximum atomic E-state index is 10.5. The van der Waals surface area contributed by atoms with Crippen molar-refractivity contribution in [3.8, 4) is 23.3 Å². The van der Waals surface area contributed by atoms with E-state index in [9.17, 15) is 10.4 Å². The van der Waals surface area contributed by atoms with E-state index < -0.39 is 5.92 Å². The molecule has 2 unspecified atom stereocenters. The Balaban J connectivity index is 1.49. The number of fused-ring (bicyclic) bond motifs is 1. The quantitative estimate of drug-likeness (QED) is 0.398. The van der Waals surface area contributed by atoms with Gasteiger partial charge >= 0.3 is 0 Å². The van der Waals surface area contributed by atoms with E-state index in [4.69, 9.17) is 9.41 Å². The zero-order valence-electron chi connectivity index (χ0n) is 19.9. The number of aromatic hydroxyl groups is 1. The Morgan fingerprint density at radius 2 is 1.92 bits per heavy atom. The van der Waals surface area contributed by atoms with Crippen LogP contribution in [0.15, 0.2) is 70.3 Å². The maximum Gasteiger partial charge on any atom is 0.178 e. The lowest BCUT2D eigenvalue weighted by molar-refractivity contribution is 0.471. The van der Waals surface area contributed by atoms with E-state index in [0.717, 1.165) is 54.1 Å². The van der Waals surface area contributed by atoms with Gasteiger partial charge in [-0.25, -0.2) is 4.99 Å². The van der Waals surface area contributed by atoms with Crippen LogP contribution in [0.25, 0.3) is 11.5 Å². The fraction of sp³-hybridized carbons (Fsp3) is 0.250. The first-order chi connectivity index (χ1) is 17.6. The van der Waals surface area contributed by atoms with Gasteiger partial charge in [-0.2, -0.15) is 10.4 Å². The second-order valence-corrected chi connectivity index (χ2v) is 9.22.